The highest BCUT2D eigenvalue weighted by atomic mass is 16.3. The van der Waals surface area contributed by atoms with Crippen LogP contribution in [0.2, 0.25) is 0 Å². The fraction of sp³-hybridized carbons (Fsp3) is 0.500. The molecule has 1 aromatic heterocycles. The van der Waals surface area contributed by atoms with Crippen LogP contribution in [0, 0.1) is 5.92 Å². The Balaban J connectivity index is 1.67. The summed E-state index contributed by atoms with van der Waals surface area (Å²) in [5.41, 5.74) is 1.67. The van der Waals surface area contributed by atoms with Crippen LogP contribution >= 0.6 is 0 Å². The Morgan fingerprint density at radius 3 is 2.74 bits per heavy atom. The average molecular weight is 367 g/mol. The first-order valence-corrected chi connectivity index (χ1v) is 10.1. The molecule has 1 aromatic carbocycles. The minimum Gasteiger partial charge on any atom is -0.459 e. The average Bonchev–Trinajstić information content (AvgIpc) is 3.41. The highest BCUT2D eigenvalue weighted by Gasteiger charge is 2.41. The van der Waals surface area contributed by atoms with Gasteiger partial charge in [0, 0.05) is 31.2 Å². The van der Waals surface area contributed by atoms with Crippen LogP contribution in [0.1, 0.15) is 36.4 Å². The molecule has 0 unspecified atom stereocenters. The summed E-state index contributed by atoms with van der Waals surface area (Å²) in [5, 5.41) is 3.43. The summed E-state index contributed by atoms with van der Waals surface area (Å²) in [4.78, 5) is 17.8. The van der Waals surface area contributed by atoms with Gasteiger partial charge in [-0.05, 0) is 31.5 Å². The van der Waals surface area contributed by atoms with E-state index in [2.05, 4.69) is 29.0 Å². The van der Waals surface area contributed by atoms with Gasteiger partial charge in [-0.3, -0.25) is 9.69 Å². The molecule has 2 aliphatic rings. The van der Waals surface area contributed by atoms with Gasteiger partial charge in [-0.2, -0.15) is 0 Å². The molecule has 0 spiro atoms. The predicted molar refractivity (Wildman–Crippen MR) is 107 cm³/mol. The van der Waals surface area contributed by atoms with Crippen LogP contribution in [0.15, 0.2) is 40.8 Å². The van der Waals surface area contributed by atoms with Crippen molar-refractivity contribution in [2.75, 3.05) is 32.7 Å². The van der Waals surface area contributed by atoms with Crippen molar-refractivity contribution in [2.45, 2.75) is 32.9 Å². The van der Waals surface area contributed by atoms with Crippen LogP contribution in [0.25, 0.3) is 11.3 Å². The molecule has 0 radical (unpaired) electrons. The van der Waals surface area contributed by atoms with Crippen molar-refractivity contribution in [2.24, 2.45) is 5.92 Å². The molecule has 4 rings (SSSR count). The number of rotatable bonds is 6. The van der Waals surface area contributed by atoms with Crippen molar-refractivity contribution in [1.29, 1.82) is 0 Å². The van der Waals surface area contributed by atoms with E-state index in [1.165, 1.54) is 0 Å². The lowest BCUT2D eigenvalue weighted by Gasteiger charge is -2.23. The van der Waals surface area contributed by atoms with Gasteiger partial charge in [0.1, 0.15) is 11.5 Å². The summed E-state index contributed by atoms with van der Waals surface area (Å²) < 4.78 is 6.22. The summed E-state index contributed by atoms with van der Waals surface area (Å²) in [6, 6.07) is 12.3. The van der Waals surface area contributed by atoms with Crippen LogP contribution in [-0.2, 0) is 6.54 Å². The van der Waals surface area contributed by atoms with Crippen LogP contribution in [0.3, 0.4) is 0 Å². The molecule has 2 atom stereocenters. The van der Waals surface area contributed by atoms with E-state index in [-0.39, 0.29) is 5.91 Å². The molecule has 2 saturated heterocycles. The third-order valence-corrected chi connectivity index (χ3v) is 6.03. The van der Waals surface area contributed by atoms with Crippen LogP contribution in [0.5, 0.6) is 0 Å². The summed E-state index contributed by atoms with van der Waals surface area (Å²) >= 11 is 0. The Kier molecular flexibility index (Phi) is 5.32. The largest absolute Gasteiger partial charge is 0.459 e. The number of benzene rings is 1. The number of nitrogens with one attached hydrogen (secondary N) is 1. The van der Waals surface area contributed by atoms with Gasteiger partial charge in [0.05, 0.1) is 12.1 Å². The first-order valence-electron chi connectivity index (χ1n) is 10.1. The molecule has 2 fully saturated rings. The fourth-order valence-electron chi connectivity index (χ4n) is 4.41. The topological polar surface area (TPSA) is 48.7 Å². The quantitative estimate of drug-likeness (QED) is 0.852. The van der Waals surface area contributed by atoms with Crippen molar-refractivity contribution in [3.63, 3.8) is 0 Å². The molecule has 0 saturated carbocycles. The molecule has 0 aliphatic carbocycles. The Morgan fingerprint density at radius 2 is 2.00 bits per heavy atom. The highest BCUT2D eigenvalue weighted by molar-refractivity contribution is 6.00. The fourth-order valence-corrected chi connectivity index (χ4v) is 4.41. The number of amides is 1. The van der Waals surface area contributed by atoms with Crippen molar-refractivity contribution in [1.82, 2.24) is 15.1 Å². The van der Waals surface area contributed by atoms with E-state index in [1.54, 1.807) is 0 Å². The number of likely N-dealkylation sites (tertiary alicyclic amines) is 1. The summed E-state index contributed by atoms with van der Waals surface area (Å²) in [6.07, 6.45) is 1.09. The second-order valence-electron chi connectivity index (χ2n) is 7.56. The van der Waals surface area contributed by atoms with Crippen molar-refractivity contribution < 1.29 is 9.21 Å². The lowest BCUT2D eigenvalue weighted by atomic mass is 10.0. The van der Waals surface area contributed by atoms with E-state index in [1.807, 2.05) is 36.4 Å². The zero-order chi connectivity index (χ0) is 18.8. The van der Waals surface area contributed by atoms with Gasteiger partial charge in [-0.15, -0.1) is 0 Å². The number of carbonyl (C=O) groups is 1. The van der Waals surface area contributed by atoms with Gasteiger partial charge in [-0.1, -0.05) is 44.2 Å². The maximum Gasteiger partial charge on any atom is 0.258 e. The normalized spacial score (nSPS) is 21.8. The Bertz CT molecular complexity index is 782. The van der Waals surface area contributed by atoms with Gasteiger partial charge in [0.15, 0.2) is 0 Å². The molecule has 1 N–H and O–H groups in total. The SMILES string of the molecule is CCN(CC)Cc1cc(C(=O)N2CC[C@H]3CNC[C@H]32)c(-c2ccccc2)o1. The zero-order valence-electron chi connectivity index (χ0n) is 16.3. The number of hydrogen-bond donors (Lipinski definition) is 1. The molecule has 2 aliphatic heterocycles. The summed E-state index contributed by atoms with van der Waals surface area (Å²) in [7, 11) is 0. The number of fused-ring (bicyclic) bond motifs is 1. The first kappa shape index (κ1) is 18.3. The van der Waals surface area contributed by atoms with Crippen molar-refractivity contribution in [3.05, 3.63) is 47.7 Å². The van der Waals surface area contributed by atoms with Gasteiger partial charge in [-0.25, -0.2) is 0 Å². The zero-order valence-corrected chi connectivity index (χ0v) is 16.3. The van der Waals surface area contributed by atoms with Gasteiger partial charge >= 0.3 is 0 Å². The Hall–Kier alpha value is -2.11. The first-order chi connectivity index (χ1) is 13.2. The standard InChI is InChI=1S/C22H29N3O2/c1-3-24(4-2)15-18-12-19(21(27-18)16-8-6-5-7-9-16)22(26)25-11-10-17-13-23-14-20(17)25/h5-9,12,17,20,23H,3-4,10-11,13-15H2,1-2H3/t17-,20+/m0/s1. The van der Waals surface area contributed by atoms with Crippen molar-refractivity contribution >= 4 is 5.91 Å². The van der Waals surface area contributed by atoms with Crippen LogP contribution in [-0.4, -0.2) is 54.5 Å². The number of nitrogens with zero attached hydrogens (tertiary/aromatic N) is 2. The van der Waals surface area contributed by atoms with Gasteiger partial charge < -0.3 is 14.6 Å². The minimum atomic E-state index is 0.111. The molecule has 5 heteroatoms. The van der Waals surface area contributed by atoms with E-state index in [4.69, 9.17) is 4.42 Å². The van der Waals surface area contributed by atoms with E-state index in [0.29, 0.717) is 23.3 Å². The molecule has 144 valence electrons. The smallest absolute Gasteiger partial charge is 0.258 e. The maximum atomic E-state index is 13.4. The molecule has 2 aromatic rings. The van der Waals surface area contributed by atoms with Crippen LogP contribution < -0.4 is 5.32 Å². The van der Waals surface area contributed by atoms with Crippen LogP contribution in [0.4, 0.5) is 0 Å². The number of carbonyl (C=O) groups excluding carboxylic acids is 1. The maximum absolute atomic E-state index is 13.4. The Labute approximate surface area is 161 Å². The number of furan rings is 1. The monoisotopic (exact) mass is 367 g/mol. The molecule has 5 nitrogen and oxygen atoms in total. The lowest BCUT2D eigenvalue weighted by Crippen LogP contribution is -2.39. The molecule has 1 amide bonds. The van der Waals surface area contributed by atoms with Gasteiger partial charge in [0.2, 0.25) is 0 Å². The third-order valence-electron chi connectivity index (χ3n) is 6.03. The van der Waals surface area contributed by atoms with E-state index < -0.39 is 0 Å². The summed E-state index contributed by atoms with van der Waals surface area (Å²) in [5.74, 6) is 2.27. The molecule has 0 bridgehead atoms. The molecule has 3 heterocycles. The van der Waals surface area contributed by atoms with E-state index in [9.17, 15) is 4.79 Å². The summed E-state index contributed by atoms with van der Waals surface area (Å²) in [6.45, 7) is 9.72. The highest BCUT2D eigenvalue weighted by Crippen LogP contribution is 2.33. The third kappa shape index (κ3) is 3.54. The van der Waals surface area contributed by atoms with Gasteiger partial charge in [0.25, 0.3) is 5.91 Å². The second kappa shape index (κ2) is 7.87. The molecule has 27 heavy (non-hydrogen) atoms. The lowest BCUT2D eigenvalue weighted by molar-refractivity contribution is 0.0737. The minimum absolute atomic E-state index is 0.111. The number of hydrogen-bond acceptors (Lipinski definition) is 4. The van der Waals surface area contributed by atoms with E-state index in [0.717, 1.165) is 57.0 Å². The van der Waals surface area contributed by atoms with E-state index >= 15 is 0 Å². The molecular formula is C22H29N3O2. The Morgan fingerprint density at radius 1 is 1.22 bits per heavy atom. The molecular weight excluding hydrogens is 338 g/mol. The van der Waals surface area contributed by atoms with Crippen molar-refractivity contribution in [3.8, 4) is 11.3 Å². The second-order valence-corrected chi connectivity index (χ2v) is 7.56. The predicted octanol–water partition coefficient (Wildman–Crippen LogP) is 3.22.